The number of anilines is 1. The molecule has 3 heterocycles. The fourth-order valence-electron chi connectivity index (χ4n) is 6.65. The lowest BCUT2D eigenvalue weighted by atomic mass is 9.52. The number of carbonyl (C=O) groups excluding carboxylic acids is 1. The molecule has 0 spiro atoms. The summed E-state index contributed by atoms with van der Waals surface area (Å²) in [6.45, 7) is 0.150. The molecule has 3 aromatic heterocycles. The van der Waals surface area contributed by atoms with Gasteiger partial charge in [0.05, 0.1) is 23.4 Å². The molecule has 4 fully saturated rings. The summed E-state index contributed by atoms with van der Waals surface area (Å²) in [5, 5.41) is 22.3. The quantitative estimate of drug-likeness (QED) is 0.355. The third-order valence-electron chi connectivity index (χ3n) is 7.95. The van der Waals surface area contributed by atoms with E-state index in [1.54, 1.807) is 6.20 Å². The van der Waals surface area contributed by atoms with Gasteiger partial charge >= 0.3 is 0 Å². The van der Waals surface area contributed by atoms with Gasteiger partial charge in [-0.3, -0.25) is 4.79 Å². The van der Waals surface area contributed by atoms with Crippen molar-refractivity contribution in [1.82, 2.24) is 25.4 Å². The number of nitrogens with zero attached hydrogens (tertiary/aromatic N) is 3. The molecule has 0 aliphatic heterocycles. The number of rotatable bonds is 8. The summed E-state index contributed by atoms with van der Waals surface area (Å²) in [7, 11) is 2.99. The third-order valence-corrected chi connectivity index (χ3v) is 7.95. The van der Waals surface area contributed by atoms with Crippen molar-refractivity contribution < 1.29 is 23.9 Å². The first-order valence-corrected chi connectivity index (χ1v) is 12.1. The van der Waals surface area contributed by atoms with Crippen LogP contribution in [0.2, 0.25) is 0 Å². The Kier molecular flexibility index (Phi) is 5.50. The fourth-order valence-corrected chi connectivity index (χ4v) is 6.65. The highest BCUT2D eigenvalue weighted by Crippen LogP contribution is 2.56. The standard InChI is InChI=1S/C24H30N6O5/c1-33-17(34-2)11-27-22(31)21-29-23(35-30-21)16-10-26-20-15(3-4-25-20)19(16)28-18-13-5-12-6-14(18)9-24(32,7-12)8-13/h3-4,10,12-14,17-18,32H,5-9,11H2,1-2H3,(H,27,31)(H2,25,26,28)/t12?,13-,14+,18?,24?. The number of hydrogen-bond donors (Lipinski definition) is 4. The van der Waals surface area contributed by atoms with E-state index in [1.165, 1.54) is 14.2 Å². The Morgan fingerprint density at radius 2 is 2.06 bits per heavy atom. The number of pyridine rings is 1. The van der Waals surface area contributed by atoms with Crippen molar-refractivity contribution >= 4 is 22.6 Å². The molecule has 11 nitrogen and oxygen atoms in total. The summed E-state index contributed by atoms with van der Waals surface area (Å²) < 4.78 is 15.7. The minimum Gasteiger partial charge on any atom is -0.390 e. The first kappa shape index (κ1) is 22.4. The van der Waals surface area contributed by atoms with Crippen LogP contribution < -0.4 is 10.6 Å². The zero-order chi connectivity index (χ0) is 24.2. The monoisotopic (exact) mass is 482 g/mol. The second kappa shape index (κ2) is 8.58. The molecule has 35 heavy (non-hydrogen) atoms. The largest absolute Gasteiger partial charge is 0.390 e. The number of nitrogens with one attached hydrogen (secondary N) is 3. The van der Waals surface area contributed by atoms with Crippen LogP contribution in [0.3, 0.4) is 0 Å². The zero-order valence-electron chi connectivity index (χ0n) is 19.8. The van der Waals surface area contributed by atoms with Crippen LogP contribution >= 0.6 is 0 Å². The summed E-state index contributed by atoms with van der Waals surface area (Å²) in [5.74, 6) is 1.10. The number of ether oxygens (including phenoxy) is 2. The topological polar surface area (TPSA) is 147 Å². The Balaban J connectivity index is 1.28. The molecule has 186 valence electrons. The van der Waals surface area contributed by atoms with Crippen molar-refractivity contribution in [2.75, 3.05) is 26.1 Å². The van der Waals surface area contributed by atoms with Gasteiger partial charge < -0.3 is 34.7 Å². The van der Waals surface area contributed by atoms with Crippen molar-refractivity contribution in [1.29, 1.82) is 0 Å². The van der Waals surface area contributed by atoms with Crippen LogP contribution in [0.5, 0.6) is 0 Å². The molecule has 11 heteroatoms. The molecule has 5 atom stereocenters. The van der Waals surface area contributed by atoms with Crippen molar-refractivity contribution in [3.05, 3.63) is 24.3 Å². The van der Waals surface area contributed by atoms with Crippen LogP contribution in [-0.4, -0.2) is 69.8 Å². The van der Waals surface area contributed by atoms with Gasteiger partial charge in [0.15, 0.2) is 6.29 Å². The van der Waals surface area contributed by atoms with Gasteiger partial charge in [0.1, 0.15) is 5.65 Å². The van der Waals surface area contributed by atoms with E-state index < -0.39 is 17.8 Å². The maximum atomic E-state index is 12.5. The second-order valence-corrected chi connectivity index (χ2v) is 10.2. The predicted molar refractivity (Wildman–Crippen MR) is 125 cm³/mol. The molecule has 4 saturated carbocycles. The molecule has 7 rings (SSSR count). The Morgan fingerprint density at radius 3 is 2.77 bits per heavy atom. The summed E-state index contributed by atoms with van der Waals surface area (Å²) in [4.78, 5) is 24.6. The summed E-state index contributed by atoms with van der Waals surface area (Å²) >= 11 is 0. The summed E-state index contributed by atoms with van der Waals surface area (Å²) in [6, 6.07) is 2.22. The number of amides is 1. The van der Waals surface area contributed by atoms with Crippen LogP contribution in [-0.2, 0) is 9.47 Å². The molecular weight excluding hydrogens is 452 g/mol. The summed E-state index contributed by atoms with van der Waals surface area (Å²) in [6.07, 6.45) is 7.86. The van der Waals surface area contributed by atoms with Crippen LogP contribution in [0, 0.1) is 17.8 Å². The van der Waals surface area contributed by atoms with Gasteiger partial charge in [-0.15, -0.1) is 0 Å². The lowest BCUT2D eigenvalue weighted by molar-refractivity contribution is -0.129. The number of fused-ring (bicyclic) bond motifs is 1. The molecule has 4 bridgehead atoms. The van der Waals surface area contributed by atoms with Crippen molar-refractivity contribution in [2.24, 2.45) is 17.8 Å². The molecule has 4 aliphatic carbocycles. The zero-order valence-corrected chi connectivity index (χ0v) is 19.8. The van der Waals surface area contributed by atoms with E-state index in [9.17, 15) is 9.90 Å². The molecule has 4 N–H and O–H groups in total. The van der Waals surface area contributed by atoms with Crippen molar-refractivity contribution in [3.63, 3.8) is 0 Å². The maximum absolute atomic E-state index is 12.5. The molecular formula is C24H30N6O5. The minimum absolute atomic E-state index is 0.0806. The van der Waals surface area contributed by atoms with Gasteiger partial charge in [-0.2, -0.15) is 4.98 Å². The van der Waals surface area contributed by atoms with Crippen molar-refractivity contribution in [2.45, 2.75) is 50.0 Å². The number of aromatic amines is 1. The average Bonchev–Trinajstić information content (AvgIpc) is 3.51. The predicted octanol–water partition coefficient (Wildman–Crippen LogP) is 2.31. The number of hydrogen-bond acceptors (Lipinski definition) is 9. The average molecular weight is 483 g/mol. The third kappa shape index (κ3) is 3.97. The normalized spacial score (nSPS) is 29.3. The number of H-pyrrole nitrogens is 1. The Labute approximate surface area is 202 Å². The molecule has 0 aromatic carbocycles. The number of aromatic nitrogens is 4. The first-order chi connectivity index (χ1) is 17.0. The molecule has 4 aliphatic rings. The van der Waals surface area contributed by atoms with E-state index in [2.05, 4.69) is 30.7 Å². The fraction of sp³-hybridized carbons (Fsp3) is 0.583. The number of carbonyl (C=O) groups is 1. The smallest absolute Gasteiger partial charge is 0.292 e. The Bertz CT molecular complexity index is 1220. The SMILES string of the molecule is COC(CNC(=O)c1noc(-c2cnc3[nH]ccc3c2NC2[C@@H]3CC4C[C@H]2CC(O)(C4)C3)n1)OC. The number of aliphatic hydroxyl groups is 1. The van der Waals surface area contributed by atoms with Gasteiger partial charge in [-0.1, -0.05) is 5.16 Å². The molecule has 0 saturated heterocycles. The van der Waals surface area contributed by atoms with Crippen LogP contribution in [0.25, 0.3) is 22.5 Å². The van der Waals surface area contributed by atoms with Gasteiger partial charge in [-0.25, -0.2) is 4.98 Å². The highest BCUT2D eigenvalue weighted by molar-refractivity contribution is 5.97. The maximum Gasteiger partial charge on any atom is 0.292 e. The van der Waals surface area contributed by atoms with E-state index in [4.69, 9.17) is 14.0 Å². The van der Waals surface area contributed by atoms with Gasteiger partial charge in [0, 0.05) is 38.0 Å². The number of methoxy groups -OCH3 is 2. The molecule has 3 unspecified atom stereocenters. The molecule has 3 aromatic rings. The van der Waals surface area contributed by atoms with Gasteiger partial charge in [0.25, 0.3) is 17.6 Å². The lowest BCUT2D eigenvalue weighted by Crippen LogP contribution is -2.59. The molecule has 1 amide bonds. The first-order valence-electron chi connectivity index (χ1n) is 12.1. The van der Waals surface area contributed by atoms with E-state index >= 15 is 0 Å². The van der Waals surface area contributed by atoms with Crippen LogP contribution in [0.4, 0.5) is 5.69 Å². The molecule has 0 radical (unpaired) electrons. The second-order valence-electron chi connectivity index (χ2n) is 10.2. The van der Waals surface area contributed by atoms with E-state index in [1.807, 2.05) is 12.3 Å². The van der Waals surface area contributed by atoms with Crippen LogP contribution in [0.15, 0.2) is 23.0 Å². The van der Waals surface area contributed by atoms with E-state index in [0.29, 0.717) is 23.3 Å². The van der Waals surface area contributed by atoms with E-state index in [0.717, 1.165) is 48.8 Å². The Morgan fingerprint density at radius 1 is 1.29 bits per heavy atom. The minimum atomic E-state index is -0.569. The van der Waals surface area contributed by atoms with Crippen molar-refractivity contribution in [3.8, 4) is 11.5 Å². The Hall–Kier alpha value is -3.02. The van der Waals surface area contributed by atoms with Crippen LogP contribution in [0.1, 0.15) is 42.7 Å². The van der Waals surface area contributed by atoms with Gasteiger partial charge in [-0.05, 0) is 55.9 Å². The van der Waals surface area contributed by atoms with Gasteiger partial charge in [0.2, 0.25) is 0 Å². The lowest BCUT2D eigenvalue weighted by Gasteiger charge is -2.58. The van der Waals surface area contributed by atoms with E-state index in [-0.39, 0.29) is 24.3 Å². The highest BCUT2D eigenvalue weighted by Gasteiger charge is 2.54. The highest BCUT2D eigenvalue weighted by atomic mass is 16.7. The summed E-state index contributed by atoms with van der Waals surface area (Å²) in [5.41, 5.74) is 1.75.